The van der Waals surface area contributed by atoms with Crippen LogP contribution in [0.4, 0.5) is 5.69 Å². The van der Waals surface area contributed by atoms with E-state index in [1.54, 1.807) is 11.0 Å². The Bertz CT molecular complexity index is 843. The zero-order valence-corrected chi connectivity index (χ0v) is 13.9. The number of pyridine rings is 1. The van der Waals surface area contributed by atoms with Crippen molar-refractivity contribution in [1.82, 2.24) is 4.98 Å². The summed E-state index contributed by atoms with van der Waals surface area (Å²) in [4.78, 5) is 19.3. The summed E-state index contributed by atoms with van der Waals surface area (Å²) in [6.07, 6.45) is 0. The van der Waals surface area contributed by atoms with Crippen LogP contribution < -0.4 is 4.90 Å². The van der Waals surface area contributed by atoms with Gasteiger partial charge in [0.1, 0.15) is 5.69 Å². The van der Waals surface area contributed by atoms with Gasteiger partial charge in [-0.3, -0.25) is 4.79 Å². The van der Waals surface area contributed by atoms with Crippen LogP contribution in [-0.4, -0.2) is 10.9 Å². The fourth-order valence-electron chi connectivity index (χ4n) is 2.64. The predicted octanol–water partition coefficient (Wildman–Crippen LogP) is 4.55. The Labute approximate surface area is 142 Å². The molecule has 0 saturated heterocycles. The summed E-state index contributed by atoms with van der Waals surface area (Å²) in [5.41, 5.74) is 4.39. The molecule has 0 radical (unpaired) electrons. The summed E-state index contributed by atoms with van der Waals surface area (Å²) in [5.74, 6) is -0.0897. The van der Waals surface area contributed by atoms with Crippen LogP contribution in [0.2, 0.25) is 0 Å². The minimum Gasteiger partial charge on any atom is -0.303 e. The second-order valence-electron chi connectivity index (χ2n) is 5.88. The van der Waals surface area contributed by atoms with Gasteiger partial charge in [-0.25, -0.2) is 4.98 Å². The molecule has 3 rings (SSSR count). The number of aromatic nitrogens is 1. The van der Waals surface area contributed by atoms with Crippen LogP contribution in [0.25, 0.3) is 0 Å². The second-order valence-corrected chi connectivity index (χ2v) is 5.88. The molecule has 0 unspecified atom stereocenters. The number of benzene rings is 2. The first kappa shape index (κ1) is 15.9. The number of anilines is 1. The van der Waals surface area contributed by atoms with E-state index in [0.717, 1.165) is 22.5 Å². The monoisotopic (exact) mass is 316 g/mol. The smallest absolute Gasteiger partial charge is 0.277 e. The van der Waals surface area contributed by atoms with Crippen molar-refractivity contribution < 1.29 is 4.79 Å². The Morgan fingerprint density at radius 2 is 1.67 bits per heavy atom. The molecule has 0 fully saturated rings. The van der Waals surface area contributed by atoms with Crippen LogP contribution in [0, 0.1) is 13.8 Å². The first-order valence-corrected chi connectivity index (χ1v) is 7.99. The molecule has 1 amide bonds. The van der Waals surface area contributed by atoms with Gasteiger partial charge in [-0.15, -0.1) is 0 Å². The highest BCUT2D eigenvalue weighted by atomic mass is 16.2. The molecule has 2 aromatic carbocycles. The molecule has 120 valence electrons. The zero-order chi connectivity index (χ0) is 16.9. The van der Waals surface area contributed by atoms with Crippen LogP contribution in [0.15, 0.2) is 72.8 Å². The minimum absolute atomic E-state index is 0.0897. The maximum Gasteiger partial charge on any atom is 0.277 e. The molecule has 0 atom stereocenters. The van der Waals surface area contributed by atoms with Crippen LogP contribution in [-0.2, 0) is 6.54 Å². The topological polar surface area (TPSA) is 33.2 Å². The van der Waals surface area contributed by atoms with Gasteiger partial charge in [-0.1, -0.05) is 48.5 Å². The molecule has 0 N–H and O–H groups in total. The van der Waals surface area contributed by atoms with Gasteiger partial charge in [0.2, 0.25) is 0 Å². The van der Waals surface area contributed by atoms with Crippen LogP contribution in [0.5, 0.6) is 0 Å². The van der Waals surface area contributed by atoms with Crippen LogP contribution in [0.3, 0.4) is 0 Å². The van der Waals surface area contributed by atoms with Gasteiger partial charge in [0, 0.05) is 11.4 Å². The lowest BCUT2D eigenvalue weighted by Crippen LogP contribution is -2.31. The number of carbonyl (C=O) groups is 1. The van der Waals surface area contributed by atoms with Gasteiger partial charge in [-0.05, 0) is 49.2 Å². The molecule has 0 aliphatic heterocycles. The number of aryl methyl sites for hydroxylation is 2. The number of nitrogens with zero attached hydrogens (tertiary/aromatic N) is 2. The lowest BCUT2D eigenvalue weighted by Gasteiger charge is -2.23. The van der Waals surface area contributed by atoms with Gasteiger partial charge < -0.3 is 4.90 Å². The molecular weight excluding hydrogens is 296 g/mol. The third-order valence-corrected chi connectivity index (χ3v) is 3.85. The molecule has 1 heterocycles. The quantitative estimate of drug-likeness (QED) is 0.707. The van der Waals surface area contributed by atoms with Crippen molar-refractivity contribution in [2.45, 2.75) is 20.4 Å². The standard InChI is InChI=1S/C21H20N2O/c1-16-8-6-12-19(14-16)23(15-18-10-4-3-5-11-18)21(24)20-13-7-9-17(2)22-20/h3-14H,15H2,1-2H3. The highest BCUT2D eigenvalue weighted by Gasteiger charge is 2.19. The summed E-state index contributed by atoms with van der Waals surface area (Å²) in [7, 11) is 0. The Morgan fingerprint density at radius 1 is 0.917 bits per heavy atom. The molecule has 0 saturated carbocycles. The molecular formula is C21H20N2O. The maximum absolute atomic E-state index is 13.1. The number of hydrogen-bond donors (Lipinski definition) is 0. The van der Waals surface area contributed by atoms with Crippen molar-refractivity contribution in [2.24, 2.45) is 0 Å². The third kappa shape index (κ3) is 3.69. The van der Waals surface area contributed by atoms with E-state index in [2.05, 4.69) is 4.98 Å². The fourth-order valence-corrected chi connectivity index (χ4v) is 2.64. The first-order chi connectivity index (χ1) is 11.6. The van der Waals surface area contributed by atoms with E-state index in [1.807, 2.05) is 80.6 Å². The van der Waals surface area contributed by atoms with E-state index < -0.39 is 0 Å². The Hall–Kier alpha value is -2.94. The predicted molar refractivity (Wildman–Crippen MR) is 97.1 cm³/mol. The number of amides is 1. The van der Waals surface area contributed by atoms with E-state index in [-0.39, 0.29) is 5.91 Å². The lowest BCUT2D eigenvalue weighted by molar-refractivity contribution is 0.0980. The summed E-state index contributed by atoms with van der Waals surface area (Å²) in [6.45, 7) is 4.43. The molecule has 24 heavy (non-hydrogen) atoms. The molecule has 0 aliphatic rings. The van der Waals surface area contributed by atoms with E-state index in [1.165, 1.54) is 0 Å². The summed E-state index contributed by atoms with van der Waals surface area (Å²) in [5, 5.41) is 0. The SMILES string of the molecule is Cc1cccc(N(Cc2ccccc2)C(=O)c2cccc(C)n2)c1. The Balaban J connectivity index is 1.99. The number of rotatable bonds is 4. The fraction of sp³-hybridized carbons (Fsp3) is 0.143. The second kappa shape index (κ2) is 7.09. The minimum atomic E-state index is -0.0897. The van der Waals surface area contributed by atoms with E-state index >= 15 is 0 Å². The van der Waals surface area contributed by atoms with Crippen LogP contribution in [0.1, 0.15) is 27.3 Å². The van der Waals surface area contributed by atoms with Crippen molar-refractivity contribution in [1.29, 1.82) is 0 Å². The zero-order valence-electron chi connectivity index (χ0n) is 13.9. The summed E-state index contributed by atoms with van der Waals surface area (Å²) >= 11 is 0. The van der Waals surface area contributed by atoms with Gasteiger partial charge in [0.05, 0.1) is 6.54 Å². The van der Waals surface area contributed by atoms with Crippen molar-refractivity contribution >= 4 is 11.6 Å². The lowest BCUT2D eigenvalue weighted by atomic mass is 10.1. The molecule has 1 aromatic heterocycles. The molecule has 0 spiro atoms. The average Bonchev–Trinajstić information content (AvgIpc) is 2.60. The highest BCUT2D eigenvalue weighted by Crippen LogP contribution is 2.21. The normalized spacial score (nSPS) is 10.4. The van der Waals surface area contributed by atoms with Crippen molar-refractivity contribution in [3.05, 3.63) is 95.3 Å². The number of carbonyl (C=O) groups excluding carboxylic acids is 1. The molecule has 0 bridgehead atoms. The number of hydrogen-bond acceptors (Lipinski definition) is 2. The maximum atomic E-state index is 13.1. The molecule has 3 nitrogen and oxygen atoms in total. The molecule has 3 heteroatoms. The third-order valence-electron chi connectivity index (χ3n) is 3.85. The van der Waals surface area contributed by atoms with Gasteiger partial charge in [-0.2, -0.15) is 0 Å². The molecule has 3 aromatic rings. The average molecular weight is 316 g/mol. The van der Waals surface area contributed by atoms with E-state index in [0.29, 0.717) is 12.2 Å². The Kier molecular flexibility index (Phi) is 4.71. The van der Waals surface area contributed by atoms with Crippen molar-refractivity contribution in [3.8, 4) is 0 Å². The van der Waals surface area contributed by atoms with Crippen LogP contribution >= 0.6 is 0 Å². The van der Waals surface area contributed by atoms with Gasteiger partial charge in [0.15, 0.2) is 0 Å². The van der Waals surface area contributed by atoms with Gasteiger partial charge >= 0.3 is 0 Å². The van der Waals surface area contributed by atoms with E-state index in [4.69, 9.17) is 0 Å². The van der Waals surface area contributed by atoms with Crippen molar-refractivity contribution in [3.63, 3.8) is 0 Å². The Morgan fingerprint density at radius 3 is 2.38 bits per heavy atom. The molecule has 0 aliphatic carbocycles. The highest BCUT2D eigenvalue weighted by molar-refractivity contribution is 6.04. The summed E-state index contributed by atoms with van der Waals surface area (Å²) < 4.78 is 0. The van der Waals surface area contributed by atoms with E-state index in [9.17, 15) is 4.79 Å². The summed E-state index contributed by atoms with van der Waals surface area (Å²) in [6, 6.07) is 23.5. The van der Waals surface area contributed by atoms with Crippen molar-refractivity contribution in [2.75, 3.05) is 4.90 Å². The first-order valence-electron chi connectivity index (χ1n) is 7.99. The largest absolute Gasteiger partial charge is 0.303 e. The van der Waals surface area contributed by atoms with Gasteiger partial charge in [0.25, 0.3) is 5.91 Å².